The predicted octanol–water partition coefficient (Wildman–Crippen LogP) is 3.57. The summed E-state index contributed by atoms with van der Waals surface area (Å²) in [5, 5.41) is 1.03. The molecule has 4 nitrogen and oxygen atoms in total. The van der Waals surface area contributed by atoms with Gasteiger partial charge in [0.15, 0.2) is 0 Å². The summed E-state index contributed by atoms with van der Waals surface area (Å²) in [4.78, 5) is 0.333. The van der Waals surface area contributed by atoms with Crippen LogP contribution in [0.5, 0.6) is 0 Å². The Kier molecular flexibility index (Phi) is 4.24. The second-order valence-corrected chi connectivity index (χ2v) is 7.41. The van der Waals surface area contributed by atoms with Crippen molar-refractivity contribution in [2.75, 3.05) is 6.54 Å². The molecule has 0 unspecified atom stereocenters. The lowest BCUT2D eigenvalue weighted by Gasteiger charge is -2.09. The van der Waals surface area contributed by atoms with Crippen molar-refractivity contribution in [2.45, 2.75) is 25.2 Å². The Labute approximate surface area is 136 Å². The molecule has 0 aliphatic rings. The summed E-state index contributed by atoms with van der Waals surface area (Å²) in [7, 11) is -3.49. The molecular weight excluding hydrogens is 310 g/mol. The summed E-state index contributed by atoms with van der Waals surface area (Å²) in [6.07, 6.45) is 2.28. The van der Waals surface area contributed by atoms with E-state index in [2.05, 4.69) is 4.72 Å². The van der Waals surface area contributed by atoms with E-state index in [0.29, 0.717) is 17.9 Å². The minimum Gasteiger partial charge on any atom is -0.464 e. The number of rotatable bonds is 5. The third-order valence-electron chi connectivity index (χ3n) is 3.87. The molecule has 1 aromatic heterocycles. The van der Waals surface area contributed by atoms with Crippen LogP contribution in [0.25, 0.3) is 11.0 Å². The van der Waals surface area contributed by atoms with Crippen LogP contribution in [0.4, 0.5) is 0 Å². The summed E-state index contributed by atoms with van der Waals surface area (Å²) in [5.74, 6) is 0. The van der Waals surface area contributed by atoms with Crippen molar-refractivity contribution in [2.24, 2.45) is 0 Å². The van der Waals surface area contributed by atoms with Gasteiger partial charge in [-0.1, -0.05) is 35.9 Å². The first-order valence-corrected chi connectivity index (χ1v) is 8.98. The van der Waals surface area contributed by atoms with E-state index >= 15 is 0 Å². The van der Waals surface area contributed by atoms with Gasteiger partial charge in [0.05, 0.1) is 11.2 Å². The Hall–Kier alpha value is -2.11. The van der Waals surface area contributed by atoms with Gasteiger partial charge in [0.25, 0.3) is 0 Å². The highest BCUT2D eigenvalue weighted by atomic mass is 32.2. The third-order valence-corrected chi connectivity index (χ3v) is 5.49. The zero-order valence-corrected chi connectivity index (χ0v) is 14.0. The van der Waals surface area contributed by atoms with Crippen molar-refractivity contribution in [3.8, 4) is 0 Å². The lowest BCUT2D eigenvalue weighted by molar-refractivity contribution is 0.579. The molecule has 0 fully saturated rings. The van der Waals surface area contributed by atoms with E-state index in [1.165, 1.54) is 0 Å². The van der Waals surface area contributed by atoms with Crippen molar-refractivity contribution in [1.29, 1.82) is 0 Å². The number of hydrogen-bond donors (Lipinski definition) is 1. The first kappa shape index (κ1) is 15.8. The summed E-state index contributed by atoms with van der Waals surface area (Å²) in [6, 6.07) is 13.1. The van der Waals surface area contributed by atoms with Crippen molar-refractivity contribution >= 4 is 21.0 Å². The Morgan fingerprint density at radius 2 is 1.87 bits per heavy atom. The molecule has 0 radical (unpaired) electrons. The SMILES string of the molecule is Cc1ccc(S(=O)(=O)NCCc2coc3ccccc23)c(C)c1. The zero-order chi connectivity index (χ0) is 16.4. The fourth-order valence-electron chi connectivity index (χ4n) is 2.73. The highest BCUT2D eigenvalue weighted by Gasteiger charge is 2.16. The van der Waals surface area contributed by atoms with E-state index in [4.69, 9.17) is 4.42 Å². The van der Waals surface area contributed by atoms with Gasteiger partial charge in [-0.25, -0.2) is 13.1 Å². The van der Waals surface area contributed by atoms with Gasteiger partial charge in [-0.05, 0) is 43.5 Å². The molecule has 3 rings (SSSR count). The highest BCUT2D eigenvalue weighted by molar-refractivity contribution is 7.89. The Morgan fingerprint density at radius 1 is 1.09 bits per heavy atom. The zero-order valence-electron chi connectivity index (χ0n) is 13.2. The van der Waals surface area contributed by atoms with E-state index in [0.717, 1.165) is 27.7 Å². The van der Waals surface area contributed by atoms with Crippen molar-refractivity contribution < 1.29 is 12.8 Å². The summed E-state index contributed by atoms with van der Waals surface area (Å²) in [6.45, 7) is 4.09. The lowest BCUT2D eigenvalue weighted by Crippen LogP contribution is -2.26. The average Bonchev–Trinajstić information content (AvgIpc) is 2.90. The van der Waals surface area contributed by atoms with Crippen LogP contribution in [0.1, 0.15) is 16.7 Å². The molecule has 1 heterocycles. The molecule has 0 saturated heterocycles. The molecule has 1 N–H and O–H groups in total. The van der Waals surface area contributed by atoms with E-state index in [-0.39, 0.29) is 0 Å². The van der Waals surface area contributed by atoms with Gasteiger partial charge in [-0.15, -0.1) is 0 Å². The van der Waals surface area contributed by atoms with Crippen molar-refractivity contribution in [3.05, 3.63) is 65.4 Å². The van der Waals surface area contributed by atoms with Crippen LogP contribution in [0, 0.1) is 13.8 Å². The molecule has 3 aromatic rings. The molecular formula is C18H19NO3S. The number of aryl methyl sites for hydroxylation is 2. The van der Waals surface area contributed by atoms with Crippen molar-refractivity contribution in [3.63, 3.8) is 0 Å². The van der Waals surface area contributed by atoms with Crippen LogP contribution in [-0.4, -0.2) is 15.0 Å². The maximum absolute atomic E-state index is 12.4. The number of benzene rings is 2. The van der Waals surface area contributed by atoms with E-state index in [1.54, 1.807) is 12.3 Å². The smallest absolute Gasteiger partial charge is 0.240 e. The first-order valence-electron chi connectivity index (χ1n) is 7.49. The molecule has 0 atom stereocenters. The first-order chi connectivity index (χ1) is 11.0. The van der Waals surface area contributed by atoms with Gasteiger partial charge < -0.3 is 4.42 Å². The van der Waals surface area contributed by atoms with Crippen LogP contribution in [0.2, 0.25) is 0 Å². The standard InChI is InChI=1S/C18H19NO3S/c1-13-7-8-18(14(2)11-13)23(20,21)19-10-9-15-12-22-17-6-4-3-5-16(15)17/h3-8,11-12,19H,9-10H2,1-2H3. The Balaban J connectivity index is 1.72. The molecule has 120 valence electrons. The topological polar surface area (TPSA) is 59.3 Å². The fraction of sp³-hybridized carbons (Fsp3) is 0.222. The number of furan rings is 1. The van der Waals surface area contributed by atoms with E-state index in [1.807, 2.05) is 50.2 Å². The predicted molar refractivity (Wildman–Crippen MR) is 91.0 cm³/mol. The van der Waals surface area contributed by atoms with Gasteiger partial charge in [-0.2, -0.15) is 0 Å². The minimum absolute atomic E-state index is 0.333. The van der Waals surface area contributed by atoms with Crippen LogP contribution in [0.3, 0.4) is 0 Å². The maximum atomic E-state index is 12.4. The maximum Gasteiger partial charge on any atom is 0.240 e. The van der Waals surface area contributed by atoms with Crippen molar-refractivity contribution in [1.82, 2.24) is 4.72 Å². The quantitative estimate of drug-likeness (QED) is 0.778. The molecule has 0 amide bonds. The number of fused-ring (bicyclic) bond motifs is 1. The van der Waals surface area contributed by atoms with Gasteiger partial charge in [-0.3, -0.25) is 0 Å². The van der Waals surface area contributed by atoms with Gasteiger partial charge in [0.1, 0.15) is 5.58 Å². The lowest BCUT2D eigenvalue weighted by atomic mass is 10.1. The third kappa shape index (κ3) is 3.30. The second kappa shape index (κ2) is 6.18. The van der Waals surface area contributed by atoms with Crippen LogP contribution >= 0.6 is 0 Å². The summed E-state index contributed by atoms with van der Waals surface area (Å²) >= 11 is 0. The van der Waals surface area contributed by atoms with Crippen LogP contribution < -0.4 is 4.72 Å². The second-order valence-electron chi connectivity index (χ2n) is 5.67. The van der Waals surface area contributed by atoms with Gasteiger partial charge in [0, 0.05) is 11.9 Å². The minimum atomic E-state index is -3.49. The number of para-hydroxylation sites is 1. The number of nitrogens with one attached hydrogen (secondary N) is 1. The Morgan fingerprint density at radius 3 is 2.65 bits per heavy atom. The fourth-order valence-corrected chi connectivity index (χ4v) is 3.98. The molecule has 0 saturated carbocycles. The molecule has 0 aliphatic heterocycles. The Bertz CT molecular complexity index is 942. The summed E-state index contributed by atoms with van der Waals surface area (Å²) in [5.41, 5.74) is 3.63. The molecule has 5 heteroatoms. The van der Waals surface area contributed by atoms with E-state index in [9.17, 15) is 8.42 Å². The largest absolute Gasteiger partial charge is 0.464 e. The number of hydrogen-bond acceptors (Lipinski definition) is 3. The molecule has 0 aliphatic carbocycles. The molecule has 0 bridgehead atoms. The van der Waals surface area contributed by atoms with Gasteiger partial charge in [0.2, 0.25) is 10.0 Å². The highest BCUT2D eigenvalue weighted by Crippen LogP contribution is 2.21. The molecule has 2 aromatic carbocycles. The molecule has 23 heavy (non-hydrogen) atoms. The molecule has 0 spiro atoms. The number of sulfonamides is 1. The average molecular weight is 329 g/mol. The van der Waals surface area contributed by atoms with Gasteiger partial charge >= 0.3 is 0 Å². The monoisotopic (exact) mass is 329 g/mol. The van der Waals surface area contributed by atoms with Crippen LogP contribution in [-0.2, 0) is 16.4 Å². The summed E-state index contributed by atoms with van der Waals surface area (Å²) < 4.78 is 33.0. The normalized spacial score (nSPS) is 11.9. The van der Waals surface area contributed by atoms with E-state index < -0.39 is 10.0 Å². The van der Waals surface area contributed by atoms with Crippen LogP contribution in [0.15, 0.2) is 58.0 Å².